The second-order valence-corrected chi connectivity index (χ2v) is 3.93. The molecule has 1 N–H and O–H groups in total. The highest BCUT2D eigenvalue weighted by molar-refractivity contribution is 7.03. The van der Waals surface area contributed by atoms with E-state index in [4.69, 9.17) is 5.11 Å². The van der Waals surface area contributed by atoms with Crippen molar-refractivity contribution in [2.75, 3.05) is 13.2 Å². The molecular weight excluding hydrogens is 186 g/mol. The zero-order valence-corrected chi connectivity index (χ0v) is 8.20. The molecular formula is C8H13N3OS. The van der Waals surface area contributed by atoms with Gasteiger partial charge in [0.15, 0.2) is 0 Å². The number of nitrogens with zero attached hydrogens (tertiary/aromatic N) is 3. The van der Waals surface area contributed by atoms with E-state index in [0.29, 0.717) is 6.04 Å². The Morgan fingerprint density at radius 3 is 3.00 bits per heavy atom. The molecule has 1 aliphatic rings. The molecule has 0 aromatic carbocycles. The van der Waals surface area contributed by atoms with Gasteiger partial charge in [-0.15, -0.1) is 5.10 Å². The van der Waals surface area contributed by atoms with Crippen LogP contribution >= 0.6 is 11.5 Å². The van der Waals surface area contributed by atoms with Crippen molar-refractivity contribution in [3.63, 3.8) is 0 Å². The lowest BCUT2D eigenvalue weighted by molar-refractivity contribution is 0.182. The number of rotatable bonds is 5. The van der Waals surface area contributed by atoms with Crippen LogP contribution in [0.4, 0.5) is 0 Å². The third-order valence-electron chi connectivity index (χ3n) is 2.22. The molecule has 72 valence electrons. The maximum Gasteiger partial charge on any atom is 0.0895 e. The number of aromatic nitrogens is 2. The topological polar surface area (TPSA) is 49.2 Å². The smallest absolute Gasteiger partial charge is 0.0895 e. The van der Waals surface area contributed by atoms with Crippen LogP contribution in [-0.2, 0) is 6.54 Å². The SMILES string of the molecule is OCCN(Cc1csnn1)C1CC1. The third-order valence-corrected chi connectivity index (χ3v) is 2.77. The molecule has 0 bridgehead atoms. The first-order chi connectivity index (χ1) is 6.40. The van der Waals surface area contributed by atoms with Gasteiger partial charge in [-0.1, -0.05) is 4.49 Å². The molecule has 1 fully saturated rings. The third kappa shape index (κ3) is 2.46. The minimum atomic E-state index is 0.230. The van der Waals surface area contributed by atoms with Crippen LogP contribution in [0.3, 0.4) is 0 Å². The van der Waals surface area contributed by atoms with Crippen molar-refractivity contribution in [2.24, 2.45) is 0 Å². The van der Waals surface area contributed by atoms with E-state index >= 15 is 0 Å². The zero-order valence-electron chi connectivity index (χ0n) is 7.39. The monoisotopic (exact) mass is 199 g/mol. The summed E-state index contributed by atoms with van der Waals surface area (Å²) in [5.41, 5.74) is 1.02. The molecule has 2 rings (SSSR count). The highest BCUT2D eigenvalue weighted by Crippen LogP contribution is 2.27. The average Bonchev–Trinajstić information content (AvgIpc) is 2.85. The van der Waals surface area contributed by atoms with Gasteiger partial charge in [-0.3, -0.25) is 4.90 Å². The number of aliphatic hydroxyl groups excluding tert-OH is 1. The summed E-state index contributed by atoms with van der Waals surface area (Å²) < 4.78 is 3.82. The Morgan fingerprint density at radius 2 is 2.46 bits per heavy atom. The highest BCUT2D eigenvalue weighted by Gasteiger charge is 2.28. The molecule has 1 aliphatic carbocycles. The molecule has 1 aromatic heterocycles. The predicted molar refractivity (Wildman–Crippen MR) is 50.4 cm³/mol. The molecule has 4 nitrogen and oxygen atoms in total. The van der Waals surface area contributed by atoms with Gasteiger partial charge in [-0.25, -0.2) is 0 Å². The normalized spacial score (nSPS) is 16.8. The maximum atomic E-state index is 8.87. The summed E-state index contributed by atoms with van der Waals surface area (Å²) in [4.78, 5) is 2.27. The Balaban J connectivity index is 1.89. The first-order valence-corrected chi connectivity index (χ1v) is 5.34. The first-order valence-electron chi connectivity index (χ1n) is 4.51. The van der Waals surface area contributed by atoms with E-state index in [9.17, 15) is 0 Å². The summed E-state index contributed by atoms with van der Waals surface area (Å²) in [6.45, 7) is 1.82. The van der Waals surface area contributed by atoms with Crippen LogP contribution in [0.2, 0.25) is 0 Å². The van der Waals surface area contributed by atoms with Crippen molar-refractivity contribution >= 4 is 11.5 Å². The fraction of sp³-hybridized carbons (Fsp3) is 0.750. The quantitative estimate of drug-likeness (QED) is 0.750. The van der Waals surface area contributed by atoms with Gasteiger partial charge in [-0.2, -0.15) is 0 Å². The largest absolute Gasteiger partial charge is 0.395 e. The van der Waals surface area contributed by atoms with Gasteiger partial charge in [-0.05, 0) is 24.4 Å². The summed E-state index contributed by atoms with van der Waals surface area (Å²) in [6, 6.07) is 0.675. The van der Waals surface area contributed by atoms with Gasteiger partial charge in [0.05, 0.1) is 12.3 Å². The lowest BCUT2D eigenvalue weighted by Gasteiger charge is -2.18. The van der Waals surface area contributed by atoms with Crippen molar-refractivity contribution < 1.29 is 5.11 Å². The van der Waals surface area contributed by atoms with Crippen LogP contribution in [-0.4, -0.2) is 38.8 Å². The van der Waals surface area contributed by atoms with Gasteiger partial charge in [0.1, 0.15) is 0 Å². The van der Waals surface area contributed by atoms with E-state index in [2.05, 4.69) is 14.5 Å². The van der Waals surface area contributed by atoms with Gasteiger partial charge in [0, 0.05) is 24.5 Å². The summed E-state index contributed by atoms with van der Waals surface area (Å²) in [5.74, 6) is 0. The summed E-state index contributed by atoms with van der Waals surface area (Å²) in [5, 5.41) is 14.8. The molecule has 13 heavy (non-hydrogen) atoms. The van der Waals surface area contributed by atoms with Gasteiger partial charge >= 0.3 is 0 Å². The van der Waals surface area contributed by atoms with Crippen LogP contribution in [0.15, 0.2) is 5.38 Å². The fourth-order valence-corrected chi connectivity index (χ4v) is 1.86. The van der Waals surface area contributed by atoms with E-state index in [1.54, 1.807) is 0 Å². The van der Waals surface area contributed by atoms with Gasteiger partial charge < -0.3 is 5.11 Å². The summed E-state index contributed by atoms with van der Waals surface area (Å²) in [6.07, 6.45) is 2.52. The van der Waals surface area contributed by atoms with Crippen LogP contribution < -0.4 is 0 Å². The Hall–Kier alpha value is -0.520. The van der Waals surface area contributed by atoms with Crippen LogP contribution in [0.5, 0.6) is 0 Å². The van der Waals surface area contributed by atoms with Crippen molar-refractivity contribution in [1.29, 1.82) is 0 Å². The molecule has 0 saturated heterocycles. The van der Waals surface area contributed by atoms with E-state index in [-0.39, 0.29) is 6.61 Å². The summed E-state index contributed by atoms with van der Waals surface area (Å²) in [7, 11) is 0. The second kappa shape index (κ2) is 4.13. The lowest BCUT2D eigenvalue weighted by Crippen LogP contribution is -2.28. The van der Waals surface area contributed by atoms with Crippen LogP contribution in [0.1, 0.15) is 18.5 Å². The van der Waals surface area contributed by atoms with Crippen LogP contribution in [0, 0.1) is 0 Å². The minimum Gasteiger partial charge on any atom is -0.395 e. The van der Waals surface area contributed by atoms with Crippen molar-refractivity contribution in [1.82, 2.24) is 14.5 Å². The Kier molecular flexibility index (Phi) is 2.87. The molecule has 0 amide bonds. The molecule has 5 heteroatoms. The van der Waals surface area contributed by atoms with Crippen LogP contribution in [0.25, 0.3) is 0 Å². The molecule has 1 saturated carbocycles. The fourth-order valence-electron chi connectivity index (χ4n) is 1.42. The number of aliphatic hydroxyl groups is 1. The molecule has 0 radical (unpaired) electrons. The van der Waals surface area contributed by atoms with Crippen molar-refractivity contribution in [3.05, 3.63) is 11.1 Å². The standard InChI is InChI=1S/C8H13N3OS/c12-4-3-11(8-1-2-8)5-7-6-13-10-9-7/h6,8,12H,1-5H2. The van der Waals surface area contributed by atoms with E-state index in [1.165, 1.54) is 24.4 Å². The molecule has 1 aromatic rings. The highest BCUT2D eigenvalue weighted by atomic mass is 32.1. The van der Waals surface area contributed by atoms with E-state index in [0.717, 1.165) is 18.8 Å². The first kappa shape index (κ1) is 9.05. The average molecular weight is 199 g/mol. The zero-order chi connectivity index (χ0) is 9.10. The predicted octanol–water partition coefficient (Wildman–Crippen LogP) is 0.495. The number of hydrogen-bond acceptors (Lipinski definition) is 5. The lowest BCUT2D eigenvalue weighted by atomic mass is 10.4. The number of hydrogen-bond donors (Lipinski definition) is 1. The molecule has 0 spiro atoms. The minimum absolute atomic E-state index is 0.230. The van der Waals surface area contributed by atoms with E-state index in [1.807, 2.05) is 5.38 Å². The van der Waals surface area contributed by atoms with Gasteiger partial charge in [0.2, 0.25) is 0 Å². The van der Waals surface area contributed by atoms with E-state index < -0.39 is 0 Å². The van der Waals surface area contributed by atoms with Gasteiger partial charge in [0.25, 0.3) is 0 Å². The molecule has 0 aliphatic heterocycles. The van der Waals surface area contributed by atoms with Crippen molar-refractivity contribution in [3.8, 4) is 0 Å². The molecule has 0 atom stereocenters. The summed E-state index contributed by atoms with van der Waals surface area (Å²) >= 11 is 1.38. The van der Waals surface area contributed by atoms with Crippen molar-refractivity contribution in [2.45, 2.75) is 25.4 Å². The maximum absolute atomic E-state index is 8.87. The molecule has 0 unspecified atom stereocenters. The Labute approximate surface area is 81.4 Å². The second-order valence-electron chi connectivity index (χ2n) is 3.32. The Morgan fingerprint density at radius 1 is 1.62 bits per heavy atom. The molecule has 1 heterocycles. The Bertz CT molecular complexity index is 248.